The van der Waals surface area contributed by atoms with Crippen LogP contribution in [-0.2, 0) is 4.79 Å². The number of anilines is 1. The predicted octanol–water partition coefficient (Wildman–Crippen LogP) is 2.37. The van der Waals surface area contributed by atoms with E-state index in [0.29, 0.717) is 6.54 Å². The average molecular weight is 232 g/mol. The Kier molecular flexibility index (Phi) is 3.20. The van der Waals surface area contributed by atoms with Crippen LogP contribution in [0.4, 0.5) is 5.69 Å². The van der Waals surface area contributed by atoms with Gasteiger partial charge in [0, 0.05) is 12.2 Å². The second-order valence-electron chi connectivity index (χ2n) is 5.04. The number of nitrogens with one attached hydrogen (secondary N) is 1. The molecule has 0 radical (unpaired) electrons. The SMILES string of the molecule is Cc1cccc(NC(=O)C2(CN)CCC2)c1C. The second kappa shape index (κ2) is 4.49. The van der Waals surface area contributed by atoms with Gasteiger partial charge in [-0.25, -0.2) is 0 Å². The van der Waals surface area contributed by atoms with E-state index >= 15 is 0 Å². The van der Waals surface area contributed by atoms with E-state index in [4.69, 9.17) is 5.73 Å². The number of hydrogen-bond donors (Lipinski definition) is 2. The molecule has 1 aliphatic rings. The maximum Gasteiger partial charge on any atom is 0.231 e. The summed E-state index contributed by atoms with van der Waals surface area (Å²) in [5.41, 5.74) is 8.66. The van der Waals surface area contributed by atoms with Crippen molar-refractivity contribution in [3.63, 3.8) is 0 Å². The molecule has 0 aromatic heterocycles. The smallest absolute Gasteiger partial charge is 0.231 e. The number of nitrogens with two attached hydrogens (primary N) is 1. The molecule has 17 heavy (non-hydrogen) atoms. The molecule has 1 aliphatic carbocycles. The van der Waals surface area contributed by atoms with Crippen molar-refractivity contribution in [2.75, 3.05) is 11.9 Å². The highest BCUT2D eigenvalue weighted by atomic mass is 16.2. The van der Waals surface area contributed by atoms with Crippen molar-refractivity contribution in [2.24, 2.45) is 11.1 Å². The van der Waals surface area contributed by atoms with E-state index in [2.05, 4.69) is 5.32 Å². The summed E-state index contributed by atoms with van der Waals surface area (Å²) in [4.78, 5) is 12.2. The Bertz CT molecular complexity index is 430. The summed E-state index contributed by atoms with van der Waals surface area (Å²) in [6.07, 6.45) is 2.94. The third-order valence-electron chi connectivity index (χ3n) is 4.04. The first-order chi connectivity index (χ1) is 8.09. The molecule has 2 rings (SSSR count). The number of carbonyl (C=O) groups is 1. The van der Waals surface area contributed by atoms with Crippen LogP contribution in [0.25, 0.3) is 0 Å². The average Bonchev–Trinajstić information content (AvgIpc) is 2.24. The first kappa shape index (κ1) is 12.1. The van der Waals surface area contributed by atoms with Crippen LogP contribution in [0.1, 0.15) is 30.4 Å². The summed E-state index contributed by atoms with van der Waals surface area (Å²) in [6, 6.07) is 5.96. The molecule has 3 heteroatoms. The highest BCUT2D eigenvalue weighted by Gasteiger charge is 2.42. The molecule has 0 saturated heterocycles. The summed E-state index contributed by atoms with van der Waals surface area (Å²) < 4.78 is 0. The van der Waals surface area contributed by atoms with Crippen LogP contribution in [0, 0.1) is 19.3 Å². The summed E-state index contributed by atoms with van der Waals surface area (Å²) in [5.74, 6) is 0.0833. The summed E-state index contributed by atoms with van der Waals surface area (Å²) >= 11 is 0. The minimum Gasteiger partial charge on any atom is -0.329 e. The summed E-state index contributed by atoms with van der Waals surface area (Å²) in [7, 11) is 0. The molecule has 1 fully saturated rings. The van der Waals surface area contributed by atoms with Crippen LogP contribution in [0.3, 0.4) is 0 Å². The fourth-order valence-corrected chi connectivity index (χ4v) is 2.27. The number of hydrogen-bond acceptors (Lipinski definition) is 2. The van der Waals surface area contributed by atoms with Gasteiger partial charge in [-0.2, -0.15) is 0 Å². The highest BCUT2D eigenvalue weighted by molar-refractivity contribution is 5.96. The largest absolute Gasteiger partial charge is 0.329 e. The van der Waals surface area contributed by atoms with Crippen molar-refractivity contribution >= 4 is 11.6 Å². The molecule has 0 heterocycles. The number of amides is 1. The maximum absolute atomic E-state index is 12.2. The number of aryl methyl sites for hydroxylation is 1. The molecule has 3 nitrogen and oxygen atoms in total. The standard InChI is InChI=1S/C14H20N2O/c1-10-5-3-6-12(11(10)2)16-13(17)14(9-15)7-4-8-14/h3,5-6H,4,7-9,15H2,1-2H3,(H,16,17). The predicted molar refractivity (Wildman–Crippen MR) is 69.9 cm³/mol. The van der Waals surface area contributed by atoms with E-state index in [1.165, 1.54) is 5.56 Å². The van der Waals surface area contributed by atoms with E-state index < -0.39 is 0 Å². The fraction of sp³-hybridized carbons (Fsp3) is 0.500. The molecule has 0 atom stereocenters. The van der Waals surface area contributed by atoms with Crippen molar-refractivity contribution < 1.29 is 4.79 Å². The van der Waals surface area contributed by atoms with Gasteiger partial charge in [0.15, 0.2) is 0 Å². The maximum atomic E-state index is 12.2. The third-order valence-corrected chi connectivity index (χ3v) is 4.04. The van der Waals surface area contributed by atoms with Crippen molar-refractivity contribution in [1.82, 2.24) is 0 Å². The van der Waals surface area contributed by atoms with E-state index in [0.717, 1.165) is 30.5 Å². The van der Waals surface area contributed by atoms with Crippen molar-refractivity contribution in [2.45, 2.75) is 33.1 Å². The van der Waals surface area contributed by atoms with Gasteiger partial charge in [0.1, 0.15) is 0 Å². The lowest BCUT2D eigenvalue weighted by Crippen LogP contribution is -2.47. The molecule has 0 spiro atoms. The fourth-order valence-electron chi connectivity index (χ4n) is 2.27. The number of rotatable bonds is 3. The summed E-state index contributed by atoms with van der Waals surface area (Å²) in [5, 5.41) is 3.03. The van der Waals surface area contributed by atoms with Crippen molar-refractivity contribution in [1.29, 1.82) is 0 Å². The Morgan fingerprint density at radius 1 is 1.41 bits per heavy atom. The topological polar surface area (TPSA) is 55.1 Å². The molecule has 92 valence electrons. The molecule has 1 amide bonds. The minimum absolute atomic E-state index is 0.0833. The summed E-state index contributed by atoms with van der Waals surface area (Å²) in [6.45, 7) is 4.53. The lowest BCUT2D eigenvalue weighted by atomic mass is 9.68. The minimum atomic E-state index is -0.309. The molecule has 0 unspecified atom stereocenters. The molecule has 3 N–H and O–H groups in total. The van der Waals surface area contributed by atoms with Crippen LogP contribution in [0.2, 0.25) is 0 Å². The normalized spacial score (nSPS) is 17.4. The zero-order chi connectivity index (χ0) is 12.5. The van der Waals surface area contributed by atoms with Gasteiger partial charge in [0.05, 0.1) is 5.41 Å². The van der Waals surface area contributed by atoms with Crippen LogP contribution < -0.4 is 11.1 Å². The van der Waals surface area contributed by atoms with Crippen LogP contribution in [-0.4, -0.2) is 12.5 Å². The number of carbonyl (C=O) groups excluding carboxylic acids is 1. The van der Waals surface area contributed by atoms with Crippen LogP contribution in [0.5, 0.6) is 0 Å². The van der Waals surface area contributed by atoms with Gasteiger partial charge < -0.3 is 11.1 Å². The van der Waals surface area contributed by atoms with Crippen LogP contribution >= 0.6 is 0 Å². The Morgan fingerprint density at radius 3 is 2.65 bits per heavy atom. The Morgan fingerprint density at radius 2 is 2.12 bits per heavy atom. The van der Waals surface area contributed by atoms with Gasteiger partial charge in [-0.15, -0.1) is 0 Å². The first-order valence-corrected chi connectivity index (χ1v) is 6.17. The Hall–Kier alpha value is -1.35. The Labute approximate surface area is 102 Å². The van der Waals surface area contributed by atoms with Gasteiger partial charge >= 0.3 is 0 Å². The van der Waals surface area contributed by atoms with Crippen LogP contribution in [0.15, 0.2) is 18.2 Å². The second-order valence-corrected chi connectivity index (χ2v) is 5.04. The van der Waals surface area contributed by atoms with Crippen molar-refractivity contribution in [3.05, 3.63) is 29.3 Å². The molecule has 1 aromatic rings. The zero-order valence-corrected chi connectivity index (χ0v) is 10.5. The highest BCUT2D eigenvalue weighted by Crippen LogP contribution is 2.41. The molecule has 1 aromatic carbocycles. The monoisotopic (exact) mass is 232 g/mol. The van der Waals surface area contributed by atoms with Gasteiger partial charge in [0.25, 0.3) is 0 Å². The molecule has 0 aliphatic heterocycles. The van der Waals surface area contributed by atoms with Gasteiger partial charge in [-0.1, -0.05) is 18.6 Å². The quantitative estimate of drug-likeness (QED) is 0.840. The molecular weight excluding hydrogens is 212 g/mol. The molecule has 1 saturated carbocycles. The number of benzene rings is 1. The van der Waals surface area contributed by atoms with E-state index in [1.54, 1.807) is 0 Å². The van der Waals surface area contributed by atoms with E-state index in [-0.39, 0.29) is 11.3 Å². The lowest BCUT2D eigenvalue weighted by Gasteiger charge is -2.39. The lowest BCUT2D eigenvalue weighted by molar-refractivity contribution is -0.129. The molecule has 0 bridgehead atoms. The Balaban J connectivity index is 2.16. The van der Waals surface area contributed by atoms with E-state index in [1.807, 2.05) is 32.0 Å². The van der Waals surface area contributed by atoms with Crippen molar-refractivity contribution in [3.8, 4) is 0 Å². The third kappa shape index (κ3) is 2.07. The molecular formula is C14H20N2O. The first-order valence-electron chi connectivity index (χ1n) is 6.17. The van der Waals surface area contributed by atoms with Gasteiger partial charge in [-0.05, 0) is 43.9 Å². The van der Waals surface area contributed by atoms with E-state index in [9.17, 15) is 4.79 Å². The zero-order valence-electron chi connectivity index (χ0n) is 10.5. The van der Waals surface area contributed by atoms with Gasteiger partial charge in [0.2, 0.25) is 5.91 Å². The van der Waals surface area contributed by atoms with Gasteiger partial charge in [-0.3, -0.25) is 4.79 Å².